The van der Waals surface area contributed by atoms with E-state index in [1.165, 1.54) is 26.2 Å². The fourth-order valence-corrected chi connectivity index (χ4v) is 5.17. The summed E-state index contributed by atoms with van der Waals surface area (Å²) in [7, 11) is 1.37. The van der Waals surface area contributed by atoms with E-state index in [0.29, 0.717) is 22.9 Å². The first-order valence-electron chi connectivity index (χ1n) is 11.9. The van der Waals surface area contributed by atoms with E-state index in [0.717, 1.165) is 0 Å². The first-order valence-corrected chi connectivity index (χ1v) is 11.9. The molecule has 0 aromatic heterocycles. The molecule has 0 bridgehead atoms. The number of phenolic OH excluding ortho intramolecular Hbond substituents is 1. The molecule has 1 fully saturated rings. The monoisotopic (exact) mass is 519 g/mol. The molecule has 1 saturated heterocycles. The summed E-state index contributed by atoms with van der Waals surface area (Å²) in [5.74, 6) is -0.685. The number of carbonyl (C=O) groups is 1. The number of aliphatic hydroxyl groups is 5. The first kappa shape index (κ1) is 27.3. The van der Waals surface area contributed by atoms with Gasteiger partial charge in [-0.1, -0.05) is 12.2 Å². The van der Waals surface area contributed by atoms with Crippen molar-refractivity contribution in [1.29, 1.82) is 0 Å². The summed E-state index contributed by atoms with van der Waals surface area (Å²) in [4.78, 5) is 12.3. The standard InChI is InChI=1S/C26H33NO10/c1-11-8-14-15(10-28)16(35-3)9-17(19(14)20(30)18(11)12(2)29)36-25-23(33)21(31)22(32)24(37-25)26(34)6-4-13(27)5-7-26/h4,6,8-9,13,21-25,28,30-34H,5,7,10,27H2,1-3H3/t13-,21-,22-,23+,24-,25-,26+/m0/s1. The number of rotatable bonds is 6. The highest BCUT2D eigenvalue weighted by Crippen LogP contribution is 2.45. The summed E-state index contributed by atoms with van der Waals surface area (Å²) in [6.07, 6.45) is -4.63. The van der Waals surface area contributed by atoms with Crippen LogP contribution in [0.3, 0.4) is 0 Å². The van der Waals surface area contributed by atoms with Gasteiger partial charge in [0.15, 0.2) is 5.78 Å². The number of aromatic hydroxyl groups is 1. The number of ether oxygens (including phenoxy) is 3. The first-order chi connectivity index (χ1) is 17.4. The van der Waals surface area contributed by atoms with Gasteiger partial charge in [0, 0.05) is 17.7 Å². The van der Waals surface area contributed by atoms with Crippen LogP contribution in [-0.2, 0) is 11.3 Å². The molecule has 2 aromatic carbocycles. The zero-order chi connectivity index (χ0) is 27.2. The van der Waals surface area contributed by atoms with E-state index in [4.69, 9.17) is 19.9 Å². The van der Waals surface area contributed by atoms with Gasteiger partial charge in [0.05, 0.1) is 24.7 Å². The molecule has 7 atom stereocenters. The number of nitrogens with two attached hydrogens (primary N) is 1. The second kappa shape index (κ2) is 10.2. The van der Waals surface area contributed by atoms with Gasteiger partial charge in [-0.15, -0.1) is 0 Å². The van der Waals surface area contributed by atoms with Crippen molar-refractivity contribution in [1.82, 2.24) is 0 Å². The van der Waals surface area contributed by atoms with E-state index < -0.39 is 54.4 Å². The highest BCUT2D eigenvalue weighted by atomic mass is 16.7. The quantitative estimate of drug-likeness (QED) is 0.203. The Hall–Kier alpha value is -2.77. The number of phenols is 1. The molecular weight excluding hydrogens is 486 g/mol. The van der Waals surface area contributed by atoms with Gasteiger partial charge in [0.1, 0.15) is 47.3 Å². The lowest BCUT2D eigenvalue weighted by Gasteiger charge is -2.47. The second-order valence-corrected chi connectivity index (χ2v) is 9.68. The van der Waals surface area contributed by atoms with Gasteiger partial charge in [0.25, 0.3) is 0 Å². The van der Waals surface area contributed by atoms with Crippen molar-refractivity contribution in [3.05, 3.63) is 41.0 Å². The maximum atomic E-state index is 12.3. The zero-order valence-corrected chi connectivity index (χ0v) is 20.8. The van der Waals surface area contributed by atoms with Gasteiger partial charge < -0.3 is 50.6 Å². The van der Waals surface area contributed by atoms with Crippen LogP contribution in [0.25, 0.3) is 10.8 Å². The van der Waals surface area contributed by atoms with Crippen LogP contribution < -0.4 is 15.2 Å². The summed E-state index contributed by atoms with van der Waals surface area (Å²) in [6, 6.07) is 2.67. The van der Waals surface area contributed by atoms with Crippen molar-refractivity contribution in [2.45, 2.75) is 75.6 Å². The molecule has 2 aromatic rings. The Morgan fingerprint density at radius 3 is 2.46 bits per heavy atom. The average Bonchev–Trinajstić information content (AvgIpc) is 2.85. The van der Waals surface area contributed by atoms with Crippen LogP contribution in [0.5, 0.6) is 17.2 Å². The number of hydrogen-bond acceptors (Lipinski definition) is 11. The molecule has 0 amide bonds. The largest absolute Gasteiger partial charge is 0.506 e. The number of benzene rings is 2. The summed E-state index contributed by atoms with van der Waals surface area (Å²) >= 11 is 0. The smallest absolute Gasteiger partial charge is 0.229 e. The Morgan fingerprint density at radius 2 is 1.89 bits per heavy atom. The fourth-order valence-electron chi connectivity index (χ4n) is 5.17. The number of hydrogen-bond donors (Lipinski definition) is 7. The average molecular weight is 520 g/mol. The van der Waals surface area contributed by atoms with Crippen LogP contribution in [0.4, 0.5) is 0 Å². The molecule has 37 heavy (non-hydrogen) atoms. The fraction of sp³-hybridized carbons (Fsp3) is 0.500. The van der Waals surface area contributed by atoms with E-state index in [1.54, 1.807) is 19.1 Å². The van der Waals surface area contributed by atoms with Crippen LogP contribution in [0, 0.1) is 6.92 Å². The predicted molar refractivity (Wildman–Crippen MR) is 131 cm³/mol. The number of carbonyl (C=O) groups excluding carboxylic acids is 1. The topological polar surface area (TPSA) is 192 Å². The van der Waals surface area contributed by atoms with Crippen molar-refractivity contribution >= 4 is 16.6 Å². The maximum absolute atomic E-state index is 12.3. The van der Waals surface area contributed by atoms with Crippen molar-refractivity contribution in [2.24, 2.45) is 5.73 Å². The Bertz CT molecular complexity index is 1230. The highest BCUT2D eigenvalue weighted by Gasteiger charge is 2.53. The number of methoxy groups -OCH3 is 1. The Labute approximate surface area is 213 Å². The second-order valence-electron chi connectivity index (χ2n) is 9.68. The highest BCUT2D eigenvalue weighted by molar-refractivity contribution is 6.08. The van der Waals surface area contributed by atoms with E-state index >= 15 is 0 Å². The van der Waals surface area contributed by atoms with Crippen molar-refractivity contribution in [3.63, 3.8) is 0 Å². The van der Waals surface area contributed by atoms with Gasteiger partial charge in [-0.3, -0.25) is 4.79 Å². The molecule has 11 heteroatoms. The van der Waals surface area contributed by atoms with Crippen molar-refractivity contribution in [2.75, 3.05) is 7.11 Å². The Morgan fingerprint density at radius 1 is 1.19 bits per heavy atom. The third-order valence-electron chi connectivity index (χ3n) is 7.17. The van der Waals surface area contributed by atoms with Crippen molar-refractivity contribution < 1.29 is 49.6 Å². The van der Waals surface area contributed by atoms with E-state index in [9.17, 15) is 35.4 Å². The minimum Gasteiger partial charge on any atom is -0.506 e. The number of aliphatic hydroxyl groups excluding tert-OH is 4. The molecule has 2 aliphatic rings. The molecule has 202 valence electrons. The SMILES string of the molecule is COc1cc(O[C@H]2O[C@H]([C@@]3(O)C=C[C@H](N)CC3)[C@@H](O)[C@H](O)[C@H]2O)c2c(O)c(C(C)=O)c(C)cc2c1CO. The van der Waals surface area contributed by atoms with Crippen LogP contribution >= 0.6 is 0 Å². The summed E-state index contributed by atoms with van der Waals surface area (Å²) in [6.45, 7) is 2.48. The molecule has 1 aliphatic carbocycles. The number of fused-ring (bicyclic) bond motifs is 1. The molecule has 8 N–H and O–H groups in total. The number of ketones is 1. The van der Waals surface area contributed by atoms with Gasteiger partial charge in [0.2, 0.25) is 6.29 Å². The van der Waals surface area contributed by atoms with Crippen LogP contribution in [0.2, 0.25) is 0 Å². The normalized spacial score (nSPS) is 31.9. The number of aryl methyl sites for hydroxylation is 1. The van der Waals surface area contributed by atoms with Crippen LogP contribution in [-0.4, -0.2) is 85.9 Å². The summed E-state index contributed by atoms with van der Waals surface area (Å²) in [5, 5.41) is 64.6. The molecular formula is C26H33NO10. The third-order valence-corrected chi connectivity index (χ3v) is 7.17. The molecule has 4 rings (SSSR count). The Balaban J connectivity index is 1.83. The van der Waals surface area contributed by atoms with Gasteiger partial charge in [-0.2, -0.15) is 0 Å². The molecule has 11 nitrogen and oxygen atoms in total. The van der Waals surface area contributed by atoms with E-state index in [2.05, 4.69) is 0 Å². The number of Topliss-reactive ketones (excluding diaryl/α,β-unsaturated/α-hetero) is 1. The lowest BCUT2D eigenvalue weighted by atomic mass is 9.79. The molecule has 0 saturated carbocycles. The lowest BCUT2D eigenvalue weighted by molar-refractivity contribution is -0.299. The van der Waals surface area contributed by atoms with E-state index in [1.807, 2.05) is 0 Å². The van der Waals surface area contributed by atoms with Gasteiger partial charge in [-0.25, -0.2) is 0 Å². The van der Waals surface area contributed by atoms with Crippen molar-refractivity contribution in [3.8, 4) is 17.2 Å². The van der Waals surface area contributed by atoms with Gasteiger partial charge >= 0.3 is 0 Å². The Kier molecular flexibility index (Phi) is 7.50. The maximum Gasteiger partial charge on any atom is 0.229 e. The minimum absolute atomic E-state index is 0.0443. The lowest BCUT2D eigenvalue weighted by Crippen LogP contribution is -2.65. The van der Waals surface area contributed by atoms with Gasteiger partial charge in [-0.05, 0) is 43.7 Å². The minimum atomic E-state index is -1.75. The molecule has 0 unspecified atom stereocenters. The molecule has 1 aliphatic heterocycles. The van der Waals surface area contributed by atoms with Crippen LogP contribution in [0.1, 0.15) is 41.3 Å². The molecule has 0 spiro atoms. The zero-order valence-electron chi connectivity index (χ0n) is 20.8. The molecule has 0 radical (unpaired) electrons. The van der Waals surface area contributed by atoms with E-state index in [-0.39, 0.29) is 34.9 Å². The van der Waals surface area contributed by atoms with Crippen LogP contribution in [0.15, 0.2) is 24.3 Å². The third kappa shape index (κ3) is 4.68. The predicted octanol–water partition coefficient (Wildman–Crippen LogP) is 0.152. The summed E-state index contributed by atoms with van der Waals surface area (Å²) in [5.41, 5.74) is 5.01. The molecule has 1 heterocycles. The summed E-state index contributed by atoms with van der Waals surface area (Å²) < 4.78 is 17.2.